The van der Waals surface area contributed by atoms with E-state index in [1.165, 1.54) is 44.9 Å². The van der Waals surface area contributed by atoms with Crippen molar-refractivity contribution in [3.63, 3.8) is 0 Å². The van der Waals surface area contributed by atoms with Gasteiger partial charge in [0.15, 0.2) is 0 Å². The molecule has 18 heavy (non-hydrogen) atoms. The largest absolute Gasteiger partial charge is 0.370 e. The van der Waals surface area contributed by atoms with Crippen LogP contribution in [0.25, 0.3) is 0 Å². The van der Waals surface area contributed by atoms with Gasteiger partial charge in [0.1, 0.15) is 0 Å². The summed E-state index contributed by atoms with van der Waals surface area (Å²) in [4.78, 5) is 11.0. The van der Waals surface area contributed by atoms with Crippen molar-refractivity contribution < 1.29 is 4.79 Å². The van der Waals surface area contributed by atoms with Gasteiger partial charge in [-0.3, -0.25) is 4.79 Å². The number of amides is 1. The standard InChI is InChI=1S/C15H32N2O/c1-3-5-6-7-8-9-10-11-14(13-15(16)18)17-12-4-2/h14,17H,3-13H2,1-2H3,(H2,16,18). The Hall–Kier alpha value is -0.570. The molecule has 0 aromatic carbocycles. The molecule has 3 heteroatoms. The summed E-state index contributed by atoms with van der Waals surface area (Å²) in [6, 6.07) is 0.290. The highest BCUT2D eigenvalue weighted by molar-refractivity contribution is 5.74. The predicted molar refractivity (Wildman–Crippen MR) is 78.5 cm³/mol. The van der Waals surface area contributed by atoms with Crippen molar-refractivity contribution in [3.05, 3.63) is 0 Å². The molecule has 0 saturated carbocycles. The number of hydrogen-bond donors (Lipinski definition) is 2. The number of rotatable bonds is 13. The molecule has 0 fully saturated rings. The SMILES string of the molecule is CCCCCCCCCC(CC(N)=O)NCCC. The summed E-state index contributed by atoms with van der Waals surface area (Å²) in [6.07, 6.45) is 11.9. The van der Waals surface area contributed by atoms with Crippen molar-refractivity contribution in [1.29, 1.82) is 0 Å². The van der Waals surface area contributed by atoms with Crippen LogP contribution in [0.4, 0.5) is 0 Å². The molecule has 1 unspecified atom stereocenters. The predicted octanol–water partition coefficient (Wildman–Crippen LogP) is 3.37. The summed E-state index contributed by atoms with van der Waals surface area (Å²) >= 11 is 0. The zero-order valence-electron chi connectivity index (χ0n) is 12.3. The lowest BCUT2D eigenvalue weighted by Crippen LogP contribution is -2.34. The number of nitrogens with one attached hydrogen (secondary N) is 1. The molecular weight excluding hydrogens is 224 g/mol. The average Bonchev–Trinajstić information content (AvgIpc) is 2.34. The normalized spacial score (nSPS) is 12.6. The molecular formula is C15H32N2O. The highest BCUT2D eigenvalue weighted by atomic mass is 16.1. The third kappa shape index (κ3) is 11.9. The Bertz CT molecular complexity index is 195. The van der Waals surface area contributed by atoms with E-state index in [0.29, 0.717) is 6.42 Å². The van der Waals surface area contributed by atoms with E-state index >= 15 is 0 Å². The Morgan fingerprint density at radius 3 is 2.17 bits per heavy atom. The lowest BCUT2D eigenvalue weighted by molar-refractivity contribution is -0.118. The molecule has 0 rings (SSSR count). The first-order valence-electron chi connectivity index (χ1n) is 7.72. The molecule has 3 nitrogen and oxygen atoms in total. The van der Waals surface area contributed by atoms with Crippen molar-refractivity contribution >= 4 is 5.91 Å². The molecule has 0 aliphatic rings. The van der Waals surface area contributed by atoms with Crippen molar-refractivity contribution in [2.24, 2.45) is 5.73 Å². The second-order valence-corrected chi connectivity index (χ2v) is 5.23. The Morgan fingerprint density at radius 1 is 1.00 bits per heavy atom. The zero-order valence-corrected chi connectivity index (χ0v) is 12.3. The number of nitrogens with two attached hydrogens (primary N) is 1. The highest BCUT2D eigenvalue weighted by Crippen LogP contribution is 2.11. The van der Waals surface area contributed by atoms with Gasteiger partial charge in [-0.2, -0.15) is 0 Å². The molecule has 1 amide bonds. The summed E-state index contributed by atoms with van der Waals surface area (Å²) < 4.78 is 0. The van der Waals surface area contributed by atoms with Gasteiger partial charge in [0, 0.05) is 12.5 Å². The van der Waals surface area contributed by atoms with Crippen molar-refractivity contribution in [1.82, 2.24) is 5.32 Å². The minimum Gasteiger partial charge on any atom is -0.370 e. The van der Waals surface area contributed by atoms with Gasteiger partial charge in [-0.15, -0.1) is 0 Å². The van der Waals surface area contributed by atoms with Crippen LogP contribution in [0, 0.1) is 0 Å². The Morgan fingerprint density at radius 2 is 1.61 bits per heavy atom. The van der Waals surface area contributed by atoms with Crippen LogP contribution in [-0.2, 0) is 4.79 Å². The maximum atomic E-state index is 11.0. The topological polar surface area (TPSA) is 55.1 Å². The molecule has 0 aromatic heterocycles. The summed E-state index contributed by atoms with van der Waals surface area (Å²) in [7, 11) is 0. The van der Waals surface area contributed by atoms with Crippen LogP contribution in [0.15, 0.2) is 0 Å². The summed E-state index contributed by atoms with van der Waals surface area (Å²) in [5.74, 6) is -0.188. The first-order valence-corrected chi connectivity index (χ1v) is 7.72. The van der Waals surface area contributed by atoms with Crippen LogP contribution in [0.1, 0.15) is 78.1 Å². The smallest absolute Gasteiger partial charge is 0.218 e. The van der Waals surface area contributed by atoms with Crippen LogP contribution in [-0.4, -0.2) is 18.5 Å². The van der Waals surface area contributed by atoms with E-state index in [4.69, 9.17) is 5.73 Å². The van der Waals surface area contributed by atoms with Crippen molar-refractivity contribution in [2.45, 2.75) is 84.1 Å². The van der Waals surface area contributed by atoms with E-state index in [1.807, 2.05) is 0 Å². The maximum Gasteiger partial charge on any atom is 0.218 e. The zero-order chi connectivity index (χ0) is 13.6. The van der Waals surface area contributed by atoms with Gasteiger partial charge in [0.25, 0.3) is 0 Å². The number of carbonyl (C=O) groups is 1. The quantitative estimate of drug-likeness (QED) is 0.496. The molecule has 3 N–H and O–H groups in total. The van der Waals surface area contributed by atoms with Crippen LogP contribution in [0.3, 0.4) is 0 Å². The minimum absolute atomic E-state index is 0.188. The molecule has 0 radical (unpaired) electrons. The molecule has 0 saturated heterocycles. The van der Waals surface area contributed by atoms with Crippen molar-refractivity contribution in [2.75, 3.05) is 6.54 Å². The van der Waals surface area contributed by atoms with Gasteiger partial charge in [-0.1, -0.05) is 58.8 Å². The molecule has 0 heterocycles. The maximum absolute atomic E-state index is 11.0. The monoisotopic (exact) mass is 256 g/mol. The molecule has 0 bridgehead atoms. The molecule has 108 valence electrons. The fraction of sp³-hybridized carbons (Fsp3) is 0.933. The lowest BCUT2D eigenvalue weighted by atomic mass is 10.0. The van der Waals surface area contributed by atoms with Gasteiger partial charge in [0.05, 0.1) is 0 Å². The third-order valence-electron chi connectivity index (χ3n) is 3.29. The number of hydrogen-bond acceptors (Lipinski definition) is 2. The van der Waals surface area contributed by atoms with E-state index in [0.717, 1.165) is 19.4 Å². The van der Waals surface area contributed by atoms with Gasteiger partial charge >= 0.3 is 0 Å². The van der Waals surface area contributed by atoms with E-state index in [-0.39, 0.29) is 11.9 Å². The Kier molecular flexibility index (Phi) is 12.5. The number of primary amides is 1. The fourth-order valence-corrected chi connectivity index (χ4v) is 2.22. The molecule has 0 aromatic rings. The molecule has 0 aliphatic carbocycles. The molecule has 0 aliphatic heterocycles. The second-order valence-electron chi connectivity index (χ2n) is 5.23. The minimum atomic E-state index is -0.188. The van der Waals surface area contributed by atoms with E-state index < -0.39 is 0 Å². The Labute approximate surface area is 113 Å². The number of carbonyl (C=O) groups excluding carboxylic acids is 1. The second kappa shape index (κ2) is 12.9. The summed E-state index contributed by atoms with van der Waals surface area (Å²) in [5, 5.41) is 3.41. The van der Waals surface area contributed by atoms with Gasteiger partial charge in [0.2, 0.25) is 5.91 Å². The first-order chi connectivity index (χ1) is 8.70. The number of unbranched alkanes of at least 4 members (excludes halogenated alkanes) is 6. The summed E-state index contributed by atoms with van der Waals surface area (Å²) in [5.41, 5.74) is 5.27. The first kappa shape index (κ1) is 17.4. The van der Waals surface area contributed by atoms with E-state index in [1.54, 1.807) is 0 Å². The lowest BCUT2D eigenvalue weighted by Gasteiger charge is -2.16. The fourth-order valence-electron chi connectivity index (χ4n) is 2.22. The van der Waals surface area contributed by atoms with Crippen LogP contribution in [0.2, 0.25) is 0 Å². The summed E-state index contributed by atoms with van der Waals surface area (Å²) in [6.45, 7) is 5.37. The van der Waals surface area contributed by atoms with Crippen LogP contribution in [0.5, 0.6) is 0 Å². The van der Waals surface area contributed by atoms with E-state index in [2.05, 4.69) is 19.2 Å². The molecule has 0 spiro atoms. The highest BCUT2D eigenvalue weighted by Gasteiger charge is 2.10. The van der Waals surface area contributed by atoms with Crippen LogP contribution < -0.4 is 11.1 Å². The van der Waals surface area contributed by atoms with Crippen molar-refractivity contribution in [3.8, 4) is 0 Å². The average molecular weight is 256 g/mol. The van der Waals surface area contributed by atoms with Gasteiger partial charge in [-0.05, 0) is 19.4 Å². The third-order valence-corrected chi connectivity index (χ3v) is 3.29. The Balaban J connectivity index is 3.52. The van der Waals surface area contributed by atoms with Gasteiger partial charge in [-0.25, -0.2) is 0 Å². The van der Waals surface area contributed by atoms with Crippen LogP contribution >= 0.6 is 0 Å². The van der Waals surface area contributed by atoms with E-state index in [9.17, 15) is 4.79 Å². The van der Waals surface area contributed by atoms with Gasteiger partial charge < -0.3 is 11.1 Å². The molecule has 1 atom stereocenters.